The average molecular weight is 330 g/mol. The highest BCUT2D eigenvalue weighted by molar-refractivity contribution is 5.82. The number of rotatable bonds is 2. The molecule has 0 spiro atoms. The van der Waals surface area contributed by atoms with Crippen LogP contribution < -0.4 is 4.90 Å². The second-order valence-electron chi connectivity index (χ2n) is 6.99. The number of allylic oxidation sites excluding steroid dienone is 1. The van der Waals surface area contributed by atoms with Crippen LogP contribution in [-0.2, 0) is 6.54 Å². The number of anilines is 1. The monoisotopic (exact) mass is 330 g/mol. The fourth-order valence-electron chi connectivity index (χ4n) is 3.83. The lowest BCUT2D eigenvalue weighted by molar-refractivity contribution is 0.360. The first-order chi connectivity index (χ1) is 12.3. The van der Waals surface area contributed by atoms with Crippen molar-refractivity contribution in [1.29, 1.82) is 0 Å². The Morgan fingerprint density at radius 3 is 2.60 bits per heavy atom. The summed E-state index contributed by atoms with van der Waals surface area (Å²) >= 11 is 0. The minimum absolute atomic E-state index is 0.212. The van der Waals surface area contributed by atoms with Crippen LogP contribution in [0.25, 0.3) is 17.0 Å². The van der Waals surface area contributed by atoms with Gasteiger partial charge in [0, 0.05) is 23.3 Å². The molecule has 0 bridgehead atoms. The van der Waals surface area contributed by atoms with Gasteiger partial charge in [-0.3, -0.25) is 0 Å². The minimum atomic E-state index is -0.212. The Hall–Kier alpha value is -2.68. The van der Waals surface area contributed by atoms with E-state index >= 15 is 0 Å². The molecule has 0 unspecified atom stereocenters. The molecule has 2 aliphatic rings. The van der Waals surface area contributed by atoms with Gasteiger partial charge in [-0.1, -0.05) is 24.6 Å². The van der Waals surface area contributed by atoms with Crippen LogP contribution in [0.5, 0.6) is 0 Å². The highest BCUT2D eigenvalue weighted by atomic mass is 19.1. The van der Waals surface area contributed by atoms with E-state index < -0.39 is 0 Å². The molecule has 5 rings (SSSR count). The van der Waals surface area contributed by atoms with Gasteiger partial charge >= 0.3 is 0 Å². The zero-order valence-corrected chi connectivity index (χ0v) is 14.0. The van der Waals surface area contributed by atoms with Crippen LogP contribution in [0.2, 0.25) is 0 Å². The van der Waals surface area contributed by atoms with Crippen molar-refractivity contribution in [2.24, 2.45) is 5.92 Å². The Labute approximate surface area is 146 Å². The summed E-state index contributed by atoms with van der Waals surface area (Å²) in [6.45, 7) is 0.793. The van der Waals surface area contributed by atoms with E-state index in [1.807, 2.05) is 6.07 Å². The standard InChI is InChI=1S/C22H19FN2/c23-18-9-10-20-16(12-18)11-17-14-25(19-7-2-1-3-8-19)22(13-21(17)24-20)15-5-4-6-15/h1-3,7-13,15H,4-6,14H2. The van der Waals surface area contributed by atoms with Crippen molar-refractivity contribution in [1.82, 2.24) is 4.98 Å². The van der Waals surface area contributed by atoms with Crippen molar-refractivity contribution in [2.75, 3.05) is 4.90 Å². The third kappa shape index (κ3) is 2.51. The number of benzene rings is 2. The summed E-state index contributed by atoms with van der Waals surface area (Å²) in [6, 6.07) is 17.4. The molecule has 2 heterocycles. The second-order valence-corrected chi connectivity index (χ2v) is 6.99. The van der Waals surface area contributed by atoms with E-state index in [0.29, 0.717) is 5.92 Å². The number of para-hydroxylation sites is 1. The first kappa shape index (κ1) is 14.6. The van der Waals surface area contributed by atoms with Crippen molar-refractivity contribution < 1.29 is 4.39 Å². The van der Waals surface area contributed by atoms with Crippen molar-refractivity contribution in [3.63, 3.8) is 0 Å². The van der Waals surface area contributed by atoms with Gasteiger partial charge in [0.15, 0.2) is 0 Å². The number of hydrogen-bond acceptors (Lipinski definition) is 2. The number of halogens is 1. The number of pyridine rings is 1. The molecule has 2 nitrogen and oxygen atoms in total. The van der Waals surface area contributed by atoms with Crippen LogP contribution in [0.4, 0.5) is 10.1 Å². The second kappa shape index (κ2) is 5.69. The first-order valence-corrected chi connectivity index (χ1v) is 8.91. The van der Waals surface area contributed by atoms with Gasteiger partial charge in [-0.2, -0.15) is 0 Å². The Morgan fingerprint density at radius 2 is 1.84 bits per heavy atom. The first-order valence-electron chi connectivity index (χ1n) is 8.91. The number of fused-ring (bicyclic) bond motifs is 2. The molecule has 2 aromatic carbocycles. The fourth-order valence-corrected chi connectivity index (χ4v) is 3.83. The molecule has 1 saturated carbocycles. The lowest BCUT2D eigenvalue weighted by Gasteiger charge is -2.39. The smallest absolute Gasteiger partial charge is 0.123 e. The van der Waals surface area contributed by atoms with E-state index in [4.69, 9.17) is 4.98 Å². The molecule has 1 aromatic heterocycles. The van der Waals surface area contributed by atoms with E-state index in [2.05, 4.69) is 41.3 Å². The predicted octanol–water partition coefficient (Wildman–Crippen LogP) is 5.54. The largest absolute Gasteiger partial charge is 0.340 e. The maximum absolute atomic E-state index is 13.6. The molecule has 124 valence electrons. The van der Waals surface area contributed by atoms with Gasteiger partial charge in [-0.05, 0) is 66.8 Å². The Bertz CT molecular complexity index is 974. The van der Waals surface area contributed by atoms with Gasteiger partial charge in [-0.15, -0.1) is 0 Å². The van der Waals surface area contributed by atoms with Crippen molar-refractivity contribution in [2.45, 2.75) is 25.8 Å². The van der Waals surface area contributed by atoms with E-state index in [1.165, 1.54) is 36.7 Å². The minimum Gasteiger partial charge on any atom is -0.340 e. The number of nitrogens with zero attached hydrogens (tertiary/aromatic N) is 2. The Kier molecular flexibility index (Phi) is 3.34. The SMILES string of the molecule is Fc1ccc2nc3c(cc2c1)CN(c1ccccc1)C(C1CCC1)=C3. The topological polar surface area (TPSA) is 16.1 Å². The summed E-state index contributed by atoms with van der Waals surface area (Å²) in [4.78, 5) is 7.21. The summed E-state index contributed by atoms with van der Waals surface area (Å²) in [6.07, 6.45) is 6.06. The van der Waals surface area contributed by atoms with Crippen LogP contribution in [0.15, 0.2) is 60.3 Å². The molecule has 0 saturated heterocycles. The molecule has 1 aliphatic carbocycles. The third-order valence-corrected chi connectivity index (χ3v) is 5.41. The molecule has 0 radical (unpaired) electrons. The quantitative estimate of drug-likeness (QED) is 0.614. The van der Waals surface area contributed by atoms with Crippen molar-refractivity contribution >= 4 is 22.7 Å². The zero-order valence-electron chi connectivity index (χ0n) is 14.0. The normalized spacial score (nSPS) is 17.2. The van der Waals surface area contributed by atoms with E-state index in [0.717, 1.165) is 28.7 Å². The van der Waals surface area contributed by atoms with Crippen LogP contribution in [-0.4, -0.2) is 4.98 Å². The molecular weight excluding hydrogens is 311 g/mol. The maximum Gasteiger partial charge on any atom is 0.123 e. The predicted molar refractivity (Wildman–Crippen MR) is 99.6 cm³/mol. The summed E-state index contributed by atoms with van der Waals surface area (Å²) in [5.74, 6) is 0.412. The summed E-state index contributed by atoms with van der Waals surface area (Å²) < 4.78 is 13.6. The van der Waals surface area contributed by atoms with Gasteiger partial charge < -0.3 is 4.90 Å². The molecule has 1 fully saturated rings. The van der Waals surface area contributed by atoms with Gasteiger partial charge in [0.25, 0.3) is 0 Å². The Morgan fingerprint density at radius 1 is 1.00 bits per heavy atom. The van der Waals surface area contributed by atoms with Gasteiger partial charge in [0.2, 0.25) is 0 Å². The number of aromatic nitrogens is 1. The molecule has 3 aromatic rings. The van der Waals surface area contributed by atoms with Gasteiger partial charge in [0.1, 0.15) is 5.82 Å². The van der Waals surface area contributed by atoms with Gasteiger partial charge in [-0.25, -0.2) is 9.37 Å². The highest BCUT2D eigenvalue weighted by Gasteiger charge is 2.30. The molecule has 0 N–H and O–H groups in total. The van der Waals surface area contributed by atoms with E-state index in [9.17, 15) is 4.39 Å². The zero-order chi connectivity index (χ0) is 16.8. The van der Waals surface area contributed by atoms with E-state index in [1.54, 1.807) is 12.1 Å². The van der Waals surface area contributed by atoms with Crippen molar-refractivity contribution in [3.05, 3.63) is 77.4 Å². The highest BCUT2D eigenvalue weighted by Crippen LogP contribution is 2.41. The number of hydrogen-bond donors (Lipinski definition) is 0. The van der Waals surface area contributed by atoms with Crippen LogP contribution >= 0.6 is 0 Å². The van der Waals surface area contributed by atoms with Crippen LogP contribution in [0.1, 0.15) is 30.5 Å². The summed E-state index contributed by atoms with van der Waals surface area (Å²) in [7, 11) is 0. The lowest BCUT2D eigenvalue weighted by Crippen LogP contribution is -2.32. The molecular formula is C22H19FN2. The Balaban J connectivity index is 1.65. The lowest BCUT2D eigenvalue weighted by atomic mass is 9.80. The molecule has 3 heteroatoms. The average Bonchev–Trinajstić information content (AvgIpc) is 2.59. The molecule has 0 amide bonds. The van der Waals surface area contributed by atoms with E-state index in [-0.39, 0.29) is 5.82 Å². The maximum atomic E-state index is 13.6. The van der Waals surface area contributed by atoms with Gasteiger partial charge in [0.05, 0.1) is 11.2 Å². The summed E-state index contributed by atoms with van der Waals surface area (Å²) in [5, 5.41) is 0.868. The van der Waals surface area contributed by atoms with Crippen LogP contribution in [0.3, 0.4) is 0 Å². The fraction of sp³-hybridized carbons (Fsp3) is 0.227. The summed E-state index contributed by atoms with van der Waals surface area (Å²) in [5.41, 5.74) is 5.64. The van der Waals surface area contributed by atoms with Crippen LogP contribution in [0, 0.1) is 11.7 Å². The molecule has 1 aliphatic heterocycles. The molecule has 25 heavy (non-hydrogen) atoms. The molecule has 0 atom stereocenters. The van der Waals surface area contributed by atoms with Crippen molar-refractivity contribution in [3.8, 4) is 0 Å². The third-order valence-electron chi connectivity index (χ3n) is 5.41.